The second-order valence-corrected chi connectivity index (χ2v) is 4.63. The molecule has 0 bridgehead atoms. The molecular formula is C16H11F4NO. The standard InChI is InChI=1S/C16H11F4NO/c1-10(11-2-5-13(17)6-3-11)22-14-7-4-12(9-21)15(8-14)16(18,19)20/h2-8,10H,1H3. The number of hydrogen-bond acceptors (Lipinski definition) is 2. The van der Waals surface area contributed by atoms with Crippen LogP contribution in [0.15, 0.2) is 42.5 Å². The van der Waals surface area contributed by atoms with Gasteiger partial charge in [0.25, 0.3) is 0 Å². The second kappa shape index (κ2) is 6.06. The number of alkyl halides is 3. The molecule has 0 N–H and O–H groups in total. The van der Waals surface area contributed by atoms with Crippen LogP contribution in [0.4, 0.5) is 17.6 Å². The minimum atomic E-state index is -4.64. The highest BCUT2D eigenvalue weighted by Gasteiger charge is 2.34. The van der Waals surface area contributed by atoms with Crippen molar-refractivity contribution in [3.63, 3.8) is 0 Å². The zero-order valence-electron chi connectivity index (χ0n) is 11.5. The molecule has 1 atom stereocenters. The summed E-state index contributed by atoms with van der Waals surface area (Å²) in [6.07, 6.45) is -5.20. The van der Waals surface area contributed by atoms with Crippen LogP contribution >= 0.6 is 0 Å². The van der Waals surface area contributed by atoms with E-state index >= 15 is 0 Å². The summed E-state index contributed by atoms with van der Waals surface area (Å²) in [4.78, 5) is 0. The van der Waals surface area contributed by atoms with E-state index in [0.717, 1.165) is 12.1 Å². The van der Waals surface area contributed by atoms with Crippen molar-refractivity contribution in [3.8, 4) is 11.8 Å². The summed E-state index contributed by atoms with van der Waals surface area (Å²) < 4.78 is 56.9. The van der Waals surface area contributed by atoms with Crippen LogP contribution in [0, 0.1) is 17.1 Å². The lowest BCUT2D eigenvalue weighted by Gasteiger charge is -2.17. The van der Waals surface area contributed by atoms with Gasteiger partial charge in [-0.1, -0.05) is 12.1 Å². The molecule has 0 aliphatic rings. The van der Waals surface area contributed by atoms with Gasteiger partial charge in [0.15, 0.2) is 0 Å². The highest BCUT2D eigenvalue weighted by atomic mass is 19.4. The summed E-state index contributed by atoms with van der Waals surface area (Å²) in [7, 11) is 0. The molecule has 0 aliphatic carbocycles. The van der Waals surface area contributed by atoms with Gasteiger partial charge in [-0.2, -0.15) is 18.4 Å². The molecule has 2 aromatic rings. The molecule has 0 heterocycles. The summed E-state index contributed by atoms with van der Waals surface area (Å²) >= 11 is 0. The second-order valence-electron chi connectivity index (χ2n) is 4.63. The fraction of sp³-hybridized carbons (Fsp3) is 0.188. The number of hydrogen-bond donors (Lipinski definition) is 0. The average Bonchev–Trinajstić information content (AvgIpc) is 2.47. The Kier molecular flexibility index (Phi) is 4.36. The molecule has 0 aliphatic heterocycles. The van der Waals surface area contributed by atoms with E-state index in [2.05, 4.69) is 0 Å². The molecule has 1 unspecified atom stereocenters. The topological polar surface area (TPSA) is 33.0 Å². The molecule has 2 rings (SSSR count). The third-order valence-electron chi connectivity index (χ3n) is 3.07. The van der Waals surface area contributed by atoms with Crippen molar-refractivity contribution in [1.82, 2.24) is 0 Å². The molecule has 22 heavy (non-hydrogen) atoms. The monoisotopic (exact) mass is 309 g/mol. The number of ether oxygens (including phenoxy) is 1. The molecule has 2 nitrogen and oxygen atoms in total. The first-order valence-electron chi connectivity index (χ1n) is 6.34. The first-order chi connectivity index (χ1) is 10.3. The van der Waals surface area contributed by atoms with Gasteiger partial charge in [0.1, 0.15) is 17.7 Å². The predicted octanol–water partition coefficient (Wildman–Crippen LogP) is 4.86. The van der Waals surface area contributed by atoms with Crippen molar-refractivity contribution < 1.29 is 22.3 Å². The Balaban J connectivity index is 2.27. The van der Waals surface area contributed by atoms with Gasteiger partial charge in [0.05, 0.1) is 17.2 Å². The quantitative estimate of drug-likeness (QED) is 0.759. The number of rotatable bonds is 3. The van der Waals surface area contributed by atoms with Crippen LogP contribution in [0.1, 0.15) is 29.7 Å². The Morgan fingerprint density at radius 2 is 1.73 bits per heavy atom. The molecule has 6 heteroatoms. The smallest absolute Gasteiger partial charge is 0.417 e. The number of benzene rings is 2. The van der Waals surface area contributed by atoms with Gasteiger partial charge >= 0.3 is 6.18 Å². The van der Waals surface area contributed by atoms with Crippen LogP contribution in [0.5, 0.6) is 5.75 Å². The van der Waals surface area contributed by atoms with Crippen molar-refractivity contribution >= 4 is 0 Å². The first kappa shape index (κ1) is 15.8. The van der Waals surface area contributed by atoms with Crippen molar-refractivity contribution in [1.29, 1.82) is 5.26 Å². The van der Waals surface area contributed by atoms with Gasteiger partial charge in [-0.15, -0.1) is 0 Å². The first-order valence-corrected chi connectivity index (χ1v) is 6.34. The predicted molar refractivity (Wildman–Crippen MR) is 71.6 cm³/mol. The third kappa shape index (κ3) is 3.55. The van der Waals surface area contributed by atoms with E-state index < -0.39 is 29.2 Å². The lowest BCUT2D eigenvalue weighted by Crippen LogP contribution is -2.09. The van der Waals surface area contributed by atoms with E-state index in [1.165, 1.54) is 36.4 Å². The molecule has 0 aromatic heterocycles. The van der Waals surface area contributed by atoms with E-state index in [0.29, 0.717) is 5.56 Å². The molecule has 0 fully saturated rings. The minimum Gasteiger partial charge on any atom is -0.486 e. The zero-order chi connectivity index (χ0) is 16.3. The summed E-state index contributed by atoms with van der Waals surface area (Å²) in [5.74, 6) is -0.420. The Hall–Kier alpha value is -2.55. The van der Waals surface area contributed by atoms with E-state index in [4.69, 9.17) is 10.00 Å². The summed E-state index contributed by atoms with van der Waals surface area (Å²) in [5.41, 5.74) is -0.882. The van der Waals surface area contributed by atoms with Gasteiger partial charge < -0.3 is 4.74 Å². The Morgan fingerprint density at radius 3 is 2.27 bits per heavy atom. The average molecular weight is 309 g/mol. The van der Waals surface area contributed by atoms with Gasteiger partial charge in [-0.05, 0) is 42.8 Å². The maximum Gasteiger partial charge on any atom is 0.417 e. The summed E-state index contributed by atoms with van der Waals surface area (Å²) in [6, 6.07) is 10.1. The van der Waals surface area contributed by atoms with Crippen LogP contribution in [-0.2, 0) is 6.18 Å². The highest BCUT2D eigenvalue weighted by Crippen LogP contribution is 2.35. The molecular weight excluding hydrogens is 298 g/mol. The number of nitrogens with zero attached hydrogens (tertiary/aromatic N) is 1. The Morgan fingerprint density at radius 1 is 1.09 bits per heavy atom. The molecule has 2 aromatic carbocycles. The van der Waals surface area contributed by atoms with Crippen LogP contribution in [0.25, 0.3) is 0 Å². The molecule has 0 saturated heterocycles. The number of nitriles is 1. The van der Waals surface area contributed by atoms with E-state index in [9.17, 15) is 17.6 Å². The Labute approximate surface area is 124 Å². The number of halogens is 4. The highest BCUT2D eigenvalue weighted by molar-refractivity contribution is 5.44. The normalized spacial score (nSPS) is 12.5. The largest absolute Gasteiger partial charge is 0.486 e. The lowest BCUT2D eigenvalue weighted by molar-refractivity contribution is -0.137. The Bertz CT molecular complexity index is 702. The van der Waals surface area contributed by atoms with Gasteiger partial charge in [0, 0.05) is 0 Å². The van der Waals surface area contributed by atoms with Crippen molar-refractivity contribution in [3.05, 3.63) is 65.0 Å². The van der Waals surface area contributed by atoms with Crippen LogP contribution in [-0.4, -0.2) is 0 Å². The summed E-state index contributed by atoms with van der Waals surface area (Å²) in [5, 5.41) is 8.73. The van der Waals surface area contributed by atoms with Crippen molar-refractivity contribution in [2.24, 2.45) is 0 Å². The summed E-state index contributed by atoms with van der Waals surface area (Å²) in [6.45, 7) is 1.64. The van der Waals surface area contributed by atoms with E-state index in [-0.39, 0.29) is 5.75 Å². The van der Waals surface area contributed by atoms with E-state index in [1.807, 2.05) is 0 Å². The van der Waals surface area contributed by atoms with E-state index in [1.54, 1.807) is 6.92 Å². The van der Waals surface area contributed by atoms with Gasteiger partial charge in [0.2, 0.25) is 0 Å². The van der Waals surface area contributed by atoms with Gasteiger partial charge in [-0.25, -0.2) is 4.39 Å². The maximum absolute atomic E-state index is 12.9. The minimum absolute atomic E-state index is 0.0110. The fourth-order valence-corrected chi connectivity index (χ4v) is 1.93. The van der Waals surface area contributed by atoms with Crippen molar-refractivity contribution in [2.75, 3.05) is 0 Å². The molecule has 0 spiro atoms. The SMILES string of the molecule is CC(Oc1ccc(C#N)c(C(F)(F)F)c1)c1ccc(F)cc1. The van der Waals surface area contributed by atoms with Crippen LogP contribution in [0.3, 0.4) is 0 Å². The third-order valence-corrected chi connectivity index (χ3v) is 3.07. The molecule has 114 valence electrons. The van der Waals surface area contributed by atoms with Crippen molar-refractivity contribution in [2.45, 2.75) is 19.2 Å². The van der Waals surface area contributed by atoms with Gasteiger partial charge in [-0.3, -0.25) is 0 Å². The molecule has 0 amide bonds. The van der Waals surface area contributed by atoms with Crippen LogP contribution < -0.4 is 4.74 Å². The zero-order valence-corrected chi connectivity index (χ0v) is 11.5. The molecule has 0 saturated carbocycles. The fourth-order valence-electron chi connectivity index (χ4n) is 1.93. The maximum atomic E-state index is 12.9. The van der Waals surface area contributed by atoms with Crippen LogP contribution in [0.2, 0.25) is 0 Å². The lowest BCUT2D eigenvalue weighted by atomic mass is 10.1. The molecule has 0 radical (unpaired) electrons.